The second kappa shape index (κ2) is 4.04. The quantitative estimate of drug-likeness (QED) is 0.761. The lowest BCUT2D eigenvalue weighted by Gasteiger charge is -2.06. The minimum absolute atomic E-state index is 0.343. The zero-order chi connectivity index (χ0) is 9.84. The van der Waals surface area contributed by atoms with Crippen LogP contribution in [0.1, 0.15) is 16.6 Å². The van der Waals surface area contributed by atoms with Crippen molar-refractivity contribution in [2.24, 2.45) is 0 Å². The zero-order valence-corrected chi connectivity index (χ0v) is 7.80. The summed E-state index contributed by atoms with van der Waals surface area (Å²) in [6.07, 6.45) is 0. The predicted molar refractivity (Wildman–Crippen MR) is 48.9 cm³/mol. The summed E-state index contributed by atoms with van der Waals surface area (Å²) in [5.41, 5.74) is 0. The van der Waals surface area contributed by atoms with Gasteiger partial charge in [0.15, 0.2) is 0 Å². The second-order valence-electron chi connectivity index (χ2n) is 2.51. The van der Waals surface area contributed by atoms with E-state index in [1.54, 1.807) is 17.5 Å². The van der Waals surface area contributed by atoms with E-state index in [1.165, 1.54) is 18.3 Å². The van der Waals surface area contributed by atoms with E-state index in [9.17, 15) is 9.59 Å². The highest BCUT2D eigenvalue weighted by Gasteiger charge is 2.15. The lowest BCUT2D eigenvalue weighted by molar-refractivity contribution is -0.138. The highest BCUT2D eigenvalue weighted by Crippen LogP contribution is 2.07. The smallest absolute Gasteiger partial charge is 0.325 e. The Bertz CT molecular complexity index is 307. The summed E-state index contributed by atoms with van der Waals surface area (Å²) >= 11 is 1.28. The van der Waals surface area contributed by atoms with Crippen LogP contribution in [0.5, 0.6) is 0 Å². The summed E-state index contributed by atoms with van der Waals surface area (Å²) in [4.78, 5) is 22.2. The van der Waals surface area contributed by atoms with Crippen molar-refractivity contribution in [3.8, 4) is 0 Å². The summed E-state index contributed by atoms with van der Waals surface area (Å²) in [5, 5.41) is 12.6. The molecule has 0 aliphatic carbocycles. The Morgan fingerprint density at radius 1 is 1.62 bits per heavy atom. The van der Waals surface area contributed by atoms with Gasteiger partial charge in [0.25, 0.3) is 5.91 Å². The molecule has 1 heterocycles. The number of carbonyl (C=O) groups excluding carboxylic acids is 1. The Hall–Kier alpha value is -1.36. The molecule has 0 aromatic carbocycles. The Morgan fingerprint density at radius 3 is 2.77 bits per heavy atom. The van der Waals surface area contributed by atoms with Crippen LogP contribution in [0.15, 0.2) is 17.5 Å². The first-order valence-corrected chi connectivity index (χ1v) is 4.56. The summed E-state index contributed by atoms with van der Waals surface area (Å²) in [6.45, 7) is 1.42. The normalized spacial score (nSPS) is 12.1. The van der Waals surface area contributed by atoms with E-state index >= 15 is 0 Å². The molecule has 0 bridgehead atoms. The van der Waals surface area contributed by atoms with Crippen molar-refractivity contribution in [1.29, 1.82) is 0 Å². The molecule has 5 heteroatoms. The van der Waals surface area contributed by atoms with Crippen LogP contribution in [0.25, 0.3) is 0 Å². The fourth-order valence-electron chi connectivity index (χ4n) is 0.737. The Labute approximate surface area is 79.2 Å². The SMILES string of the molecule is CC(NC(=O)c1cccs1)C(=O)O. The average molecular weight is 199 g/mol. The predicted octanol–water partition coefficient (Wildman–Crippen LogP) is 0.951. The van der Waals surface area contributed by atoms with Crippen LogP contribution in [0.3, 0.4) is 0 Å². The first kappa shape index (κ1) is 9.73. The number of hydrogen-bond donors (Lipinski definition) is 2. The van der Waals surface area contributed by atoms with E-state index in [4.69, 9.17) is 5.11 Å². The van der Waals surface area contributed by atoms with Gasteiger partial charge in [-0.3, -0.25) is 9.59 Å². The first-order chi connectivity index (χ1) is 6.11. The third-order valence-electron chi connectivity index (χ3n) is 1.46. The third-order valence-corrected chi connectivity index (χ3v) is 2.33. The number of nitrogens with one attached hydrogen (secondary N) is 1. The van der Waals surface area contributed by atoms with Gasteiger partial charge in [0.2, 0.25) is 0 Å². The zero-order valence-electron chi connectivity index (χ0n) is 6.98. The summed E-state index contributed by atoms with van der Waals surface area (Å²) in [6, 6.07) is 2.54. The standard InChI is InChI=1S/C8H9NO3S/c1-5(8(11)12)9-7(10)6-3-2-4-13-6/h2-5H,1H3,(H,9,10)(H,11,12). The Morgan fingerprint density at radius 2 is 2.31 bits per heavy atom. The molecule has 0 saturated carbocycles. The van der Waals surface area contributed by atoms with Crippen LogP contribution >= 0.6 is 11.3 Å². The van der Waals surface area contributed by atoms with E-state index in [2.05, 4.69) is 5.32 Å². The Balaban J connectivity index is 2.56. The average Bonchev–Trinajstić information content (AvgIpc) is 2.55. The molecule has 2 N–H and O–H groups in total. The van der Waals surface area contributed by atoms with Crippen LogP contribution in [0, 0.1) is 0 Å². The number of carboxylic acids is 1. The molecular weight excluding hydrogens is 190 g/mol. The fourth-order valence-corrected chi connectivity index (χ4v) is 1.36. The molecule has 70 valence electrons. The molecule has 0 fully saturated rings. The van der Waals surface area contributed by atoms with Crippen LogP contribution in [0.4, 0.5) is 0 Å². The first-order valence-electron chi connectivity index (χ1n) is 3.68. The molecule has 0 spiro atoms. The molecule has 1 aromatic heterocycles. The van der Waals surface area contributed by atoms with Crippen LogP contribution in [0.2, 0.25) is 0 Å². The minimum Gasteiger partial charge on any atom is -0.480 e. The van der Waals surface area contributed by atoms with E-state index in [1.807, 2.05) is 0 Å². The molecular formula is C8H9NO3S. The van der Waals surface area contributed by atoms with E-state index in [0.29, 0.717) is 4.88 Å². The van der Waals surface area contributed by atoms with Crippen molar-refractivity contribution in [3.05, 3.63) is 22.4 Å². The van der Waals surface area contributed by atoms with Gasteiger partial charge in [-0.1, -0.05) is 6.07 Å². The number of hydrogen-bond acceptors (Lipinski definition) is 3. The molecule has 1 atom stereocenters. The van der Waals surface area contributed by atoms with Gasteiger partial charge in [0.05, 0.1) is 4.88 Å². The molecule has 1 unspecified atom stereocenters. The molecule has 13 heavy (non-hydrogen) atoms. The van der Waals surface area contributed by atoms with Crippen molar-refractivity contribution in [3.63, 3.8) is 0 Å². The number of rotatable bonds is 3. The number of aliphatic carboxylic acids is 1. The van der Waals surface area contributed by atoms with Gasteiger partial charge >= 0.3 is 5.97 Å². The van der Waals surface area contributed by atoms with Crippen LogP contribution in [-0.4, -0.2) is 23.0 Å². The number of amides is 1. The van der Waals surface area contributed by atoms with Gasteiger partial charge < -0.3 is 10.4 Å². The third kappa shape index (κ3) is 2.55. The van der Waals surface area contributed by atoms with Gasteiger partial charge in [-0.15, -0.1) is 11.3 Å². The van der Waals surface area contributed by atoms with Gasteiger partial charge in [0, 0.05) is 0 Å². The molecule has 0 aliphatic heterocycles. The number of thiophene rings is 1. The molecule has 0 aliphatic rings. The van der Waals surface area contributed by atoms with Crippen molar-refractivity contribution >= 4 is 23.2 Å². The maximum Gasteiger partial charge on any atom is 0.325 e. The summed E-state index contributed by atoms with van der Waals surface area (Å²) in [5.74, 6) is -1.38. The van der Waals surface area contributed by atoms with E-state index in [0.717, 1.165) is 0 Å². The second-order valence-corrected chi connectivity index (χ2v) is 3.46. The topological polar surface area (TPSA) is 66.4 Å². The minimum atomic E-state index is -1.04. The molecule has 1 amide bonds. The molecule has 0 radical (unpaired) electrons. The maximum atomic E-state index is 11.3. The number of carboxylic acid groups (broad SMARTS) is 1. The van der Waals surface area contributed by atoms with Gasteiger partial charge in [-0.25, -0.2) is 0 Å². The van der Waals surface area contributed by atoms with Gasteiger partial charge in [-0.05, 0) is 18.4 Å². The molecule has 1 rings (SSSR count). The van der Waals surface area contributed by atoms with Crippen molar-refractivity contribution in [2.45, 2.75) is 13.0 Å². The highest BCUT2D eigenvalue weighted by atomic mass is 32.1. The van der Waals surface area contributed by atoms with Crippen molar-refractivity contribution < 1.29 is 14.7 Å². The fraction of sp³-hybridized carbons (Fsp3) is 0.250. The van der Waals surface area contributed by atoms with Crippen LogP contribution < -0.4 is 5.32 Å². The highest BCUT2D eigenvalue weighted by molar-refractivity contribution is 7.12. The molecule has 4 nitrogen and oxygen atoms in total. The van der Waals surface area contributed by atoms with E-state index < -0.39 is 12.0 Å². The lowest BCUT2D eigenvalue weighted by atomic mass is 10.3. The number of carbonyl (C=O) groups is 2. The maximum absolute atomic E-state index is 11.3. The van der Waals surface area contributed by atoms with Gasteiger partial charge in [0.1, 0.15) is 6.04 Å². The molecule has 1 aromatic rings. The molecule has 0 saturated heterocycles. The Kier molecular flexibility index (Phi) is 3.02. The monoisotopic (exact) mass is 199 g/mol. The lowest BCUT2D eigenvalue weighted by Crippen LogP contribution is -2.37. The summed E-state index contributed by atoms with van der Waals surface area (Å²) < 4.78 is 0. The van der Waals surface area contributed by atoms with Crippen molar-refractivity contribution in [1.82, 2.24) is 5.32 Å². The van der Waals surface area contributed by atoms with Crippen LogP contribution in [-0.2, 0) is 4.79 Å². The van der Waals surface area contributed by atoms with E-state index in [-0.39, 0.29) is 5.91 Å². The largest absolute Gasteiger partial charge is 0.480 e. The van der Waals surface area contributed by atoms with Crippen molar-refractivity contribution in [2.75, 3.05) is 0 Å². The summed E-state index contributed by atoms with van der Waals surface area (Å²) in [7, 11) is 0. The van der Waals surface area contributed by atoms with Gasteiger partial charge in [-0.2, -0.15) is 0 Å².